The van der Waals surface area contributed by atoms with Gasteiger partial charge < -0.3 is 14.9 Å². The van der Waals surface area contributed by atoms with Crippen LogP contribution < -0.4 is 16.6 Å². The molecule has 8 nitrogen and oxygen atoms in total. The maximum atomic E-state index is 12.1. The molecule has 2 heterocycles. The predicted molar refractivity (Wildman–Crippen MR) is 80.6 cm³/mol. The molecule has 0 saturated heterocycles. The van der Waals surface area contributed by atoms with Crippen LogP contribution >= 0.6 is 0 Å². The first-order chi connectivity index (χ1) is 10.5. The molecule has 8 heteroatoms. The van der Waals surface area contributed by atoms with Crippen LogP contribution in [0, 0.1) is 6.92 Å². The molecule has 0 fully saturated rings. The SMILES string of the molecule is CC[C@@H](Cn1ccnc1)NC(=O)Cc1c(C)[nH]c(=O)[nH]c1=O. The molecule has 0 unspecified atom stereocenters. The molecule has 0 aliphatic carbocycles. The molecule has 118 valence electrons. The standard InChI is InChI=1S/C14H19N5O3/c1-3-10(7-19-5-4-15-8-19)17-12(20)6-11-9(2)16-14(22)18-13(11)21/h4-5,8,10H,3,6-7H2,1-2H3,(H,17,20)(H2,16,18,21,22)/t10-/m0/s1. The molecule has 0 spiro atoms. The van der Waals surface area contributed by atoms with Gasteiger partial charge in [0.25, 0.3) is 5.56 Å². The van der Waals surface area contributed by atoms with E-state index < -0.39 is 11.2 Å². The van der Waals surface area contributed by atoms with Crippen LogP contribution in [0.5, 0.6) is 0 Å². The highest BCUT2D eigenvalue weighted by Crippen LogP contribution is 2.00. The smallest absolute Gasteiger partial charge is 0.325 e. The maximum Gasteiger partial charge on any atom is 0.325 e. The molecule has 0 saturated carbocycles. The van der Waals surface area contributed by atoms with E-state index in [0.29, 0.717) is 12.2 Å². The molecular formula is C14H19N5O3. The van der Waals surface area contributed by atoms with Crippen molar-refractivity contribution in [2.75, 3.05) is 0 Å². The van der Waals surface area contributed by atoms with Gasteiger partial charge >= 0.3 is 5.69 Å². The predicted octanol–water partition coefficient (Wildman–Crippen LogP) is -0.294. The summed E-state index contributed by atoms with van der Waals surface area (Å²) >= 11 is 0. The molecule has 2 rings (SSSR count). The number of H-pyrrole nitrogens is 2. The summed E-state index contributed by atoms with van der Waals surface area (Å²) in [6.07, 6.45) is 5.87. The Balaban J connectivity index is 2.03. The van der Waals surface area contributed by atoms with Gasteiger partial charge in [-0.2, -0.15) is 0 Å². The Labute approximate surface area is 126 Å². The van der Waals surface area contributed by atoms with Gasteiger partial charge in [0.2, 0.25) is 5.91 Å². The van der Waals surface area contributed by atoms with Crippen LogP contribution in [0.15, 0.2) is 28.3 Å². The normalized spacial score (nSPS) is 12.1. The lowest BCUT2D eigenvalue weighted by Crippen LogP contribution is -2.39. The number of rotatable bonds is 6. The van der Waals surface area contributed by atoms with E-state index in [0.717, 1.165) is 6.42 Å². The van der Waals surface area contributed by atoms with Gasteiger partial charge in [-0.15, -0.1) is 0 Å². The number of amides is 1. The van der Waals surface area contributed by atoms with Gasteiger partial charge in [0.15, 0.2) is 0 Å². The fraction of sp³-hybridized carbons (Fsp3) is 0.429. The first kappa shape index (κ1) is 15.7. The van der Waals surface area contributed by atoms with Crippen LogP contribution in [-0.2, 0) is 17.8 Å². The number of nitrogens with zero attached hydrogens (tertiary/aromatic N) is 2. The quantitative estimate of drug-likeness (QED) is 0.680. The highest BCUT2D eigenvalue weighted by atomic mass is 16.2. The molecule has 0 bridgehead atoms. The van der Waals surface area contributed by atoms with E-state index in [4.69, 9.17) is 0 Å². The Hall–Kier alpha value is -2.64. The summed E-state index contributed by atoms with van der Waals surface area (Å²) in [4.78, 5) is 43.6. The third-order valence-electron chi connectivity index (χ3n) is 3.44. The van der Waals surface area contributed by atoms with E-state index in [-0.39, 0.29) is 23.9 Å². The number of aromatic nitrogens is 4. The first-order valence-corrected chi connectivity index (χ1v) is 7.06. The average Bonchev–Trinajstić information content (AvgIpc) is 2.95. The molecule has 3 N–H and O–H groups in total. The lowest BCUT2D eigenvalue weighted by molar-refractivity contribution is -0.121. The van der Waals surface area contributed by atoms with Gasteiger partial charge in [-0.3, -0.25) is 14.6 Å². The Bertz CT molecular complexity index is 745. The zero-order valence-electron chi connectivity index (χ0n) is 12.5. The van der Waals surface area contributed by atoms with Crippen LogP contribution in [0.2, 0.25) is 0 Å². The minimum atomic E-state index is -0.571. The van der Waals surface area contributed by atoms with Crippen LogP contribution in [0.4, 0.5) is 0 Å². The van der Waals surface area contributed by atoms with Crippen LogP contribution in [0.25, 0.3) is 0 Å². The zero-order valence-corrected chi connectivity index (χ0v) is 12.5. The molecule has 0 aliphatic heterocycles. The molecule has 0 aromatic carbocycles. The minimum Gasteiger partial charge on any atom is -0.351 e. The number of nitrogens with one attached hydrogen (secondary N) is 3. The van der Waals surface area contributed by atoms with Crippen molar-refractivity contribution < 1.29 is 4.79 Å². The number of hydrogen-bond donors (Lipinski definition) is 3. The Kier molecular flexibility index (Phi) is 4.92. The monoisotopic (exact) mass is 305 g/mol. The summed E-state index contributed by atoms with van der Waals surface area (Å²) in [5.41, 5.74) is -0.418. The van der Waals surface area contributed by atoms with Crippen molar-refractivity contribution in [1.82, 2.24) is 24.8 Å². The molecule has 22 heavy (non-hydrogen) atoms. The number of carbonyl (C=O) groups excluding carboxylic acids is 1. The van der Waals surface area contributed by atoms with E-state index in [2.05, 4.69) is 20.3 Å². The number of imidazole rings is 1. The van der Waals surface area contributed by atoms with Crippen molar-refractivity contribution in [3.8, 4) is 0 Å². The van der Waals surface area contributed by atoms with Crippen LogP contribution in [0.3, 0.4) is 0 Å². The van der Waals surface area contributed by atoms with Gasteiger partial charge in [0.05, 0.1) is 12.7 Å². The van der Waals surface area contributed by atoms with Crippen molar-refractivity contribution >= 4 is 5.91 Å². The molecular weight excluding hydrogens is 286 g/mol. The Morgan fingerprint density at radius 3 is 2.77 bits per heavy atom. The lowest BCUT2D eigenvalue weighted by Gasteiger charge is -2.17. The molecule has 2 aromatic heterocycles. The topological polar surface area (TPSA) is 113 Å². The lowest BCUT2D eigenvalue weighted by atomic mass is 10.1. The van der Waals surface area contributed by atoms with Gasteiger partial charge in [-0.1, -0.05) is 6.92 Å². The van der Waals surface area contributed by atoms with Gasteiger partial charge in [0, 0.05) is 36.2 Å². The molecule has 1 atom stereocenters. The first-order valence-electron chi connectivity index (χ1n) is 7.06. The van der Waals surface area contributed by atoms with Crippen molar-refractivity contribution in [2.24, 2.45) is 0 Å². The third-order valence-corrected chi connectivity index (χ3v) is 3.44. The van der Waals surface area contributed by atoms with Gasteiger partial charge in [-0.25, -0.2) is 9.78 Å². The summed E-state index contributed by atoms with van der Waals surface area (Å²) in [6, 6.07) is -0.0520. The van der Waals surface area contributed by atoms with Gasteiger partial charge in [-0.05, 0) is 13.3 Å². The Morgan fingerprint density at radius 1 is 1.41 bits per heavy atom. The largest absolute Gasteiger partial charge is 0.351 e. The summed E-state index contributed by atoms with van der Waals surface area (Å²) in [6.45, 7) is 4.19. The minimum absolute atomic E-state index is 0.0520. The number of hydrogen-bond acceptors (Lipinski definition) is 4. The van der Waals surface area contributed by atoms with E-state index in [1.807, 2.05) is 17.7 Å². The second-order valence-electron chi connectivity index (χ2n) is 5.12. The maximum absolute atomic E-state index is 12.1. The number of aryl methyl sites for hydroxylation is 1. The van der Waals surface area contributed by atoms with E-state index in [1.54, 1.807) is 19.4 Å². The van der Waals surface area contributed by atoms with Crippen molar-refractivity contribution in [3.05, 3.63) is 50.8 Å². The van der Waals surface area contributed by atoms with Crippen molar-refractivity contribution in [3.63, 3.8) is 0 Å². The van der Waals surface area contributed by atoms with Crippen LogP contribution in [-0.4, -0.2) is 31.5 Å². The zero-order chi connectivity index (χ0) is 16.1. The highest BCUT2D eigenvalue weighted by molar-refractivity contribution is 5.78. The fourth-order valence-corrected chi connectivity index (χ4v) is 2.20. The molecule has 0 aliphatic rings. The summed E-state index contributed by atoms with van der Waals surface area (Å²) in [5, 5.41) is 2.89. The second-order valence-corrected chi connectivity index (χ2v) is 5.12. The van der Waals surface area contributed by atoms with E-state index in [1.165, 1.54) is 0 Å². The van der Waals surface area contributed by atoms with E-state index in [9.17, 15) is 14.4 Å². The molecule has 2 aromatic rings. The summed E-state index contributed by atoms with van der Waals surface area (Å²) in [5.74, 6) is -0.257. The highest BCUT2D eigenvalue weighted by Gasteiger charge is 2.15. The van der Waals surface area contributed by atoms with Crippen molar-refractivity contribution in [2.45, 2.75) is 39.3 Å². The van der Waals surface area contributed by atoms with Crippen LogP contribution in [0.1, 0.15) is 24.6 Å². The summed E-state index contributed by atoms with van der Waals surface area (Å²) in [7, 11) is 0. The second kappa shape index (κ2) is 6.88. The van der Waals surface area contributed by atoms with Gasteiger partial charge in [0.1, 0.15) is 0 Å². The average molecular weight is 305 g/mol. The van der Waals surface area contributed by atoms with Crippen molar-refractivity contribution in [1.29, 1.82) is 0 Å². The van der Waals surface area contributed by atoms with E-state index >= 15 is 0 Å². The fourth-order valence-electron chi connectivity index (χ4n) is 2.20. The summed E-state index contributed by atoms with van der Waals surface area (Å²) < 4.78 is 1.88. The third kappa shape index (κ3) is 3.94. The number of aromatic amines is 2. The number of carbonyl (C=O) groups is 1. The molecule has 0 radical (unpaired) electrons. The Morgan fingerprint density at radius 2 is 2.18 bits per heavy atom. The molecule has 1 amide bonds.